The molecule has 1 N–H and O–H groups in total. The second-order valence-corrected chi connectivity index (χ2v) is 4.60. The molecule has 13 heavy (non-hydrogen) atoms. The topological polar surface area (TPSA) is 29.1 Å². The number of ketones is 1. The molecular formula is C11H19NO. The Kier molecular flexibility index (Phi) is 2.41. The average Bonchev–Trinajstić information content (AvgIpc) is 2.87. The molecular weight excluding hydrogens is 162 g/mol. The quantitative estimate of drug-likeness (QED) is 0.716. The molecule has 2 fully saturated rings. The van der Waals surface area contributed by atoms with Crippen LogP contribution in [-0.2, 0) is 4.79 Å². The Balaban J connectivity index is 2.06. The van der Waals surface area contributed by atoms with Gasteiger partial charge in [0.05, 0.1) is 0 Å². The summed E-state index contributed by atoms with van der Waals surface area (Å²) in [5.74, 6) is 1.01. The second kappa shape index (κ2) is 3.41. The third-order valence-electron chi connectivity index (χ3n) is 3.44. The molecule has 2 rings (SSSR count). The largest absolute Gasteiger partial charge is 0.316 e. The standard InChI is InChI=1S/C11H19NO/c1-2-5-11(6-7-12-8-11)10(13)9-3-4-9/h9,12H,2-8H2,1H3. The van der Waals surface area contributed by atoms with Crippen LogP contribution >= 0.6 is 0 Å². The molecule has 0 spiro atoms. The second-order valence-electron chi connectivity index (χ2n) is 4.60. The minimum Gasteiger partial charge on any atom is -0.316 e. The normalized spacial score (nSPS) is 33.6. The van der Waals surface area contributed by atoms with Gasteiger partial charge < -0.3 is 5.32 Å². The van der Waals surface area contributed by atoms with Crippen LogP contribution in [-0.4, -0.2) is 18.9 Å². The van der Waals surface area contributed by atoms with Gasteiger partial charge in [-0.25, -0.2) is 0 Å². The highest BCUT2D eigenvalue weighted by atomic mass is 16.1. The molecule has 2 aliphatic rings. The smallest absolute Gasteiger partial charge is 0.143 e. The van der Waals surface area contributed by atoms with E-state index in [9.17, 15) is 4.79 Å². The number of nitrogens with one attached hydrogen (secondary N) is 1. The Hall–Kier alpha value is -0.370. The molecule has 1 atom stereocenters. The van der Waals surface area contributed by atoms with E-state index in [-0.39, 0.29) is 5.41 Å². The maximum atomic E-state index is 12.1. The monoisotopic (exact) mass is 181 g/mol. The van der Waals surface area contributed by atoms with Gasteiger partial charge >= 0.3 is 0 Å². The summed E-state index contributed by atoms with van der Waals surface area (Å²) in [5, 5.41) is 3.34. The van der Waals surface area contributed by atoms with Crippen molar-refractivity contribution >= 4 is 5.78 Å². The van der Waals surface area contributed by atoms with Crippen molar-refractivity contribution in [3.8, 4) is 0 Å². The molecule has 1 aliphatic heterocycles. The van der Waals surface area contributed by atoms with E-state index in [0.29, 0.717) is 11.7 Å². The summed E-state index contributed by atoms with van der Waals surface area (Å²) in [6.07, 6.45) is 5.63. The summed E-state index contributed by atoms with van der Waals surface area (Å²) in [4.78, 5) is 12.1. The van der Waals surface area contributed by atoms with Crippen LogP contribution in [0.5, 0.6) is 0 Å². The average molecular weight is 181 g/mol. The molecule has 1 saturated heterocycles. The number of Topliss-reactive ketones (excluding diaryl/α,β-unsaturated/α-hetero) is 1. The summed E-state index contributed by atoms with van der Waals surface area (Å²) in [7, 11) is 0. The van der Waals surface area contributed by atoms with Crippen molar-refractivity contribution in [3.05, 3.63) is 0 Å². The minimum atomic E-state index is 0.0376. The van der Waals surface area contributed by atoms with Gasteiger partial charge in [-0.15, -0.1) is 0 Å². The van der Waals surface area contributed by atoms with Gasteiger partial charge in [0.1, 0.15) is 5.78 Å². The van der Waals surface area contributed by atoms with E-state index in [1.807, 2.05) is 0 Å². The van der Waals surface area contributed by atoms with Crippen molar-refractivity contribution < 1.29 is 4.79 Å². The maximum Gasteiger partial charge on any atom is 0.143 e. The van der Waals surface area contributed by atoms with E-state index in [1.165, 1.54) is 0 Å². The van der Waals surface area contributed by atoms with E-state index in [2.05, 4.69) is 12.2 Å². The van der Waals surface area contributed by atoms with Crippen molar-refractivity contribution in [2.45, 2.75) is 39.0 Å². The fourth-order valence-corrected chi connectivity index (χ4v) is 2.55. The van der Waals surface area contributed by atoms with Crippen molar-refractivity contribution in [1.82, 2.24) is 5.32 Å². The minimum absolute atomic E-state index is 0.0376. The van der Waals surface area contributed by atoms with E-state index in [1.54, 1.807) is 0 Å². The van der Waals surface area contributed by atoms with Gasteiger partial charge in [-0.2, -0.15) is 0 Å². The van der Waals surface area contributed by atoms with Crippen LogP contribution in [0, 0.1) is 11.3 Å². The van der Waals surface area contributed by atoms with Crippen molar-refractivity contribution in [2.75, 3.05) is 13.1 Å². The van der Waals surface area contributed by atoms with Crippen LogP contribution in [0.3, 0.4) is 0 Å². The van der Waals surface area contributed by atoms with Crippen LogP contribution in [0.4, 0.5) is 0 Å². The predicted molar refractivity (Wildman–Crippen MR) is 52.6 cm³/mol. The summed E-state index contributed by atoms with van der Waals surface area (Å²) >= 11 is 0. The number of hydrogen-bond acceptors (Lipinski definition) is 2. The molecule has 74 valence electrons. The Morgan fingerprint density at radius 1 is 1.54 bits per heavy atom. The lowest BCUT2D eigenvalue weighted by Gasteiger charge is -2.26. The van der Waals surface area contributed by atoms with E-state index in [0.717, 1.165) is 45.2 Å². The highest BCUT2D eigenvalue weighted by Gasteiger charge is 2.46. The van der Waals surface area contributed by atoms with Crippen molar-refractivity contribution in [3.63, 3.8) is 0 Å². The first-order valence-corrected chi connectivity index (χ1v) is 5.53. The Morgan fingerprint density at radius 2 is 2.31 bits per heavy atom. The molecule has 2 heteroatoms. The molecule has 0 aromatic heterocycles. The van der Waals surface area contributed by atoms with Crippen LogP contribution in [0.15, 0.2) is 0 Å². The molecule has 1 saturated carbocycles. The van der Waals surface area contributed by atoms with Gasteiger partial charge in [0.15, 0.2) is 0 Å². The maximum absolute atomic E-state index is 12.1. The molecule has 1 aliphatic carbocycles. The number of carbonyl (C=O) groups excluding carboxylic acids is 1. The predicted octanol–water partition coefficient (Wildman–Crippen LogP) is 1.75. The van der Waals surface area contributed by atoms with E-state index in [4.69, 9.17) is 0 Å². The van der Waals surface area contributed by atoms with Gasteiger partial charge in [0, 0.05) is 17.9 Å². The van der Waals surface area contributed by atoms with Gasteiger partial charge in [0.2, 0.25) is 0 Å². The van der Waals surface area contributed by atoms with Gasteiger partial charge in [-0.3, -0.25) is 4.79 Å². The molecule has 2 nitrogen and oxygen atoms in total. The number of rotatable bonds is 4. The summed E-state index contributed by atoms with van der Waals surface area (Å²) in [5.41, 5.74) is 0.0376. The van der Waals surface area contributed by atoms with Crippen LogP contribution in [0.2, 0.25) is 0 Å². The molecule has 1 unspecified atom stereocenters. The van der Waals surface area contributed by atoms with Gasteiger partial charge in [0.25, 0.3) is 0 Å². The first kappa shape index (κ1) is 9.20. The van der Waals surface area contributed by atoms with Gasteiger partial charge in [-0.1, -0.05) is 13.3 Å². The van der Waals surface area contributed by atoms with E-state index < -0.39 is 0 Å². The summed E-state index contributed by atoms with van der Waals surface area (Å²) < 4.78 is 0. The van der Waals surface area contributed by atoms with Crippen molar-refractivity contribution in [2.24, 2.45) is 11.3 Å². The SMILES string of the molecule is CCCC1(C(=O)C2CC2)CCNC1. The lowest BCUT2D eigenvalue weighted by atomic mass is 9.77. The van der Waals surface area contributed by atoms with E-state index >= 15 is 0 Å². The zero-order chi connectivity index (χ0) is 9.31. The van der Waals surface area contributed by atoms with Crippen molar-refractivity contribution in [1.29, 1.82) is 0 Å². The first-order valence-electron chi connectivity index (χ1n) is 5.53. The highest BCUT2D eigenvalue weighted by Crippen LogP contribution is 2.42. The zero-order valence-electron chi connectivity index (χ0n) is 8.44. The Morgan fingerprint density at radius 3 is 2.77 bits per heavy atom. The third-order valence-corrected chi connectivity index (χ3v) is 3.44. The molecule has 0 amide bonds. The van der Waals surface area contributed by atoms with Crippen LogP contribution in [0.1, 0.15) is 39.0 Å². The summed E-state index contributed by atoms with van der Waals surface area (Å²) in [6.45, 7) is 4.16. The number of carbonyl (C=O) groups is 1. The lowest BCUT2D eigenvalue weighted by molar-refractivity contribution is -0.129. The van der Waals surface area contributed by atoms with Crippen LogP contribution < -0.4 is 5.32 Å². The fraction of sp³-hybridized carbons (Fsp3) is 0.909. The third kappa shape index (κ3) is 1.64. The van der Waals surface area contributed by atoms with Gasteiger partial charge in [-0.05, 0) is 32.2 Å². The molecule has 0 bridgehead atoms. The zero-order valence-corrected chi connectivity index (χ0v) is 8.44. The van der Waals surface area contributed by atoms with Crippen LogP contribution in [0.25, 0.3) is 0 Å². The highest BCUT2D eigenvalue weighted by molar-refractivity contribution is 5.89. The molecule has 0 aromatic carbocycles. The lowest BCUT2D eigenvalue weighted by Crippen LogP contribution is -2.34. The first-order chi connectivity index (χ1) is 6.28. The molecule has 1 heterocycles. The molecule has 0 radical (unpaired) electrons. The fourth-order valence-electron chi connectivity index (χ4n) is 2.55. The number of hydrogen-bond donors (Lipinski definition) is 1. The Labute approximate surface area is 80.1 Å². The molecule has 0 aromatic rings. The Bertz CT molecular complexity index is 202. The summed E-state index contributed by atoms with van der Waals surface area (Å²) in [6, 6.07) is 0.